The van der Waals surface area contributed by atoms with E-state index in [1.807, 2.05) is 18.2 Å². The molecule has 2 aromatic carbocycles. The van der Waals surface area contributed by atoms with Gasteiger partial charge in [-0.2, -0.15) is 0 Å². The topological polar surface area (TPSA) is 66.8 Å². The van der Waals surface area contributed by atoms with Crippen molar-refractivity contribution in [2.24, 2.45) is 0 Å². The van der Waals surface area contributed by atoms with Crippen LogP contribution in [0.2, 0.25) is 0 Å². The molecule has 4 nitrogen and oxygen atoms in total. The number of hydrogen-bond acceptors (Lipinski definition) is 3. The maximum absolute atomic E-state index is 10.2. The van der Waals surface area contributed by atoms with E-state index in [2.05, 4.69) is 0 Å². The van der Waals surface area contributed by atoms with Crippen LogP contribution in [0.1, 0.15) is 5.56 Å². The molecule has 0 bridgehead atoms. The van der Waals surface area contributed by atoms with Crippen molar-refractivity contribution in [1.29, 1.82) is 0 Å². The Hall–Kier alpha value is -2.49. The highest BCUT2D eigenvalue weighted by Crippen LogP contribution is 2.22. The van der Waals surface area contributed by atoms with Gasteiger partial charge >= 0.3 is 5.97 Å². The van der Waals surface area contributed by atoms with Gasteiger partial charge in [0.25, 0.3) is 0 Å². The molecule has 2 aromatic rings. The Morgan fingerprint density at radius 3 is 2.11 bits per heavy atom. The van der Waals surface area contributed by atoms with E-state index in [-0.39, 0.29) is 12.2 Å². The van der Waals surface area contributed by atoms with Gasteiger partial charge in [0.2, 0.25) is 0 Å². The summed E-state index contributed by atoms with van der Waals surface area (Å²) in [5, 5.41) is 17.4. The number of hydrogen-bond donors (Lipinski definition) is 2. The molecule has 100 valence electrons. The van der Waals surface area contributed by atoms with Gasteiger partial charge < -0.3 is 14.9 Å². The molecule has 0 saturated carbocycles. The van der Waals surface area contributed by atoms with Gasteiger partial charge in [0, 0.05) is 0 Å². The number of carboxylic acids is 1. The van der Waals surface area contributed by atoms with E-state index in [0.717, 1.165) is 5.56 Å². The Balaban J connectivity index is 0.000000191. The molecular weight excluding hydrogens is 244 g/mol. The molecule has 4 heteroatoms. The lowest BCUT2D eigenvalue weighted by atomic mass is 10.2. The minimum Gasteiger partial charge on any atom is -0.504 e. The largest absolute Gasteiger partial charge is 0.504 e. The Labute approximate surface area is 111 Å². The summed E-state index contributed by atoms with van der Waals surface area (Å²) in [6.45, 7) is 0. The summed E-state index contributed by atoms with van der Waals surface area (Å²) in [5.74, 6) is -0.0938. The van der Waals surface area contributed by atoms with Crippen molar-refractivity contribution in [2.45, 2.75) is 6.42 Å². The Kier molecular flexibility index (Phi) is 5.95. The van der Waals surface area contributed by atoms with Gasteiger partial charge in [0.05, 0.1) is 13.5 Å². The molecule has 0 aliphatic rings. The third-order valence-corrected chi connectivity index (χ3v) is 2.28. The van der Waals surface area contributed by atoms with E-state index >= 15 is 0 Å². The summed E-state index contributed by atoms with van der Waals surface area (Å²) in [4.78, 5) is 10.2. The Morgan fingerprint density at radius 2 is 1.63 bits per heavy atom. The van der Waals surface area contributed by atoms with Crippen molar-refractivity contribution in [3.63, 3.8) is 0 Å². The molecule has 0 unspecified atom stereocenters. The molecule has 0 aliphatic heterocycles. The summed E-state index contributed by atoms with van der Waals surface area (Å²) >= 11 is 0. The molecule has 2 rings (SSSR count). The first-order valence-electron chi connectivity index (χ1n) is 5.71. The number of benzene rings is 2. The number of rotatable bonds is 3. The van der Waals surface area contributed by atoms with Gasteiger partial charge in [-0.3, -0.25) is 4.79 Å². The highest BCUT2D eigenvalue weighted by molar-refractivity contribution is 5.70. The van der Waals surface area contributed by atoms with Crippen LogP contribution in [0.4, 0.5) is 0 Å². The number of aliphatic carboxylic acids is 1. The summed E-state index contributed by atoms with van der Waals surface area (Å²) in [7, 11) is 1.52. The number of phenolic OH excluding ortho intramolecular Hbond substituents is 1. The fraction of sp³-hybridized carbons (Fsp3) is 0.133. The maximum atomic E-state index is 10.2. The lowest BCUT2D eigenvalue weighted by molar-refractivity contribution is -0.136. The minimum absolute atomic E-state index is 0.112. The van der Waals surface area contributed by atoms with Crippen LogP contribution < -0.4 is 4.74 Å². The first kappa shape index (κ1) is 14.6. The predicted molar refractivity (Wildman–Crippen MR) is 72.4 cm³/mol. The van der Waals surface area contributed by atoms with Gasteiger partial charge in [-0.25, -0.2) is 0 Å². The molecule has 19 heavy (non-hydrogen) atoms. The third kappa shape index (κ3) is 5.59. The zero-order valence-electron chi connectivity index (χ0n) is 10.6. The first-order chi connectivity index (χ1) is 9.13. The predicted octanol–water partition coefficient (Wildman–Crippen LogP) is 2.71. The fourth-order valence-corrected chi connectivity index (χ4v) is 1.40. The summed E-state index contributed by atoms with van der Waals surface area (Å²) in [5.41, 5.74) is 0.843. The van der Waals surface area contributed by atoms with Crippen molar-refractivity contribution in [3.05, 3.63) is 60.2 Å². The van der Waals surface area contributed by atoms with E-state index in [1.54, 1.807) is 36.4 Å². The molecule has 0 aromatic heterocycles. The Bertz CT molecular complexity index is 509. The van der Waals surface area contributed by atoms with Crippen LogP contribution in [0.25, 0.3) is 0 Å². The lowest BCUT2D eigenvalue weighted by Gasteiger charge is -1.99. The lowest BCUT2D eigenvalue weighted by Crippen LogP contribution is -1.98. The highest BCUT2D eigenvalue weighted by Gasteiger charge is 1.96. The van der Waals surface area contributed by atoms with Gasteiger partial charge in [-0.05, 0) is 17.7 Å². The minimum atomic E-state index is -0.786. The Morgan fingerprint density at radius 1 is 1.05 bits per heavy atom. The summed E-state index contributed by atoms with van der Waals surface area (Å²) in [6.07, 6.45) is 0.112. The maximum Gasteiger partial charge on any atom is 0.307 e. The molecule has 0 saturated heterocycles. The number of carboxylic acid groups (broad SMARTS) is 1. The monoisotopic (exact) mass is 260 g/mol. The van der Waals surface area contributed by atoms with Crippen LogP contribution in [-0.4, -0.2) is 23.3 Å². The number of methoxy groups -OCH3 is 1. The molecule has 0 radical (unpaired) electrons. The van der Waals surface area contributed by atoms with Crippen LogP contribution in [-0.2, 0) is 11.2 Å². The van der Waals surface area contributed by atoms with Crippen LogP contribution in [0.5, 0.6) is 11.5 Å². The average molecular weight is 260 g/mol. The first-order valence-corrected chi connectivity index (χ1v) is 5.71. The molecule has 0 aliphatic carbocycles. The zero-order chi connectivity index (χ0) is 14.1. The van der Waals surface area contributed by atoms with Crippen LogP contribution >= 0.6 is 0 Å². The van der Waals surface area contributed by atoms with Crippen LogP contribution in [0, 0.1) is 0 Å². The third-order valence-electron chi connectivity index (χ3n) is 2.28. The molecule has 0 heterocycles. The van der Waals surface area contributed by atoms with Crippen molar-refractivity contribution in [1.82, 2.24) is 0 Å². The van der Waals surface area contributed by atoms with Gasteiger partial charge in [-0.15, -0.1) is 0 Å². The van der Waals surface area contributed by atoms with E-state index < -0.39 is 5.97 Å². The van der Waals surface area contributed by atoms with Crippen molar-refractivity contribution >= 4 is 5.97 Å². The smallest absolute Gasteiger partial charge is 0.307 e. The molecule has 0 fully saturated rings. The van der Waals surface area contributed by atoms with Crippen molar-refractivity contribution < 1.29 is 19.7 Å². The van der Waals surface area contributed by atoms with Gasteiger partial charge in [0.15, 0.2) is 11.5 Å². The standard InChI is InChI=1S/C8H8O2.C7H8O2/c9-8(10)6-7-4-2-1-3-5-7;1-9-7-5-3-2-4-6(7)8/h1-5H,6H2,(H,9,10);2-5,8H,1H3. The number of phenols is 1. The van der Waals surface area contributed by atoms with E-state index in [1.165, 1.54) is 7.11 Å². The highest BCUT2D eigenvalue weighted by atomic mass is 16.5. The second kappa shape index (κ2) is 7.76. The SMILES string of the molecule is COc1ccccc1O.O=C(O)Cc1ccccc1. The van der Waals surface area contributed by atoms with Crippen LogP contribution in [0.15, 0.2) is 54.6 Å². The molecule has 0 amide bonds. The second-order valence-corrected chi connectivity index (χ2v) is 3.73. The van der Waals surface area contributed by atoms with Crippen molar-refractivity contribution in [3.8, 4) is 11.5 Å². The summed E-state index contributed by atoms with van der Waals surface area (Å²) in [6, 6.07) is 16.0. The average Bonchev–Trinajstić information content (AvgIpc) is 2.40. The molecule has 2 N–H and O–H groups in total. The number of para-hydroxylation sites is 2. The zero-order valence-corrected chi connectivity index (χ0v) is 10.6. The fourth-order valence-electron chi connectivity index (χ4n) is 1.40. The van der Waals surface area contributed by atoms with Crippen LogP contribution in [0.3, 0.4) is 0 Å². The molecule has 0 atom stereocenters. The van der Waals surface area contributed by atoms with E-state index in [4.69, 9.17) is 14.9 Å². The number of aromatic hydroxyl groups is 1. The molecular formula is C15H16O4. The normalized spacial score (nSPS) is 9.11. The van der Waals surface area contributed by atoms with E-state index in [0.29, 0.717) is 5.75 Å². The number of ether oxygens (including phenoxy) is 1. The van der Waals surface area contributed by atoms with Gasteiger partial charge in [0.1, 0.15) is 0 Å². The van der Waals surface area contributed by atoms with Gasteiger partial charge in [-0.1, -0.05) is 42.5 Å². The summed E-state index contributed by atoms with van der Waals surface area (Å²) < 4.78 is 4.79. The molecule has 0 spiro atoms. The quantitative estimate of drug-likeness (QED) is 0.890. The van der Waals surface area contributed by atoms with Crippen molar-refractivity contribution in [2.75, 3.05) is 7.11 Å². The second-order valence-electron chi connectivity index (χ2n) is 3.73. The number of carbonyl (C=O) groups is 1. The van der Waals surface area contributed by atoms with E-state index in [9.17, 15) is 4.79 Å².